The van der Waals surface area contributed by atoms with Gasteiger partial charge in [0.1, 0.15) is 18.1 Å². The van der Waals surface area contributed by atoms with Crippen LogP contribution in [0.1, 0.15) is 45.6 Å². The van der Waals surface area contributed by atoms with Crippen molar-refractivity contribution in [3.05, 3.63) is 62.7 Å². The number of hydrogen-bond donors (Lipinski definition) is 1. The molecular formula is C20H23BrN4O3. The van der Waals surface area contributed by atoms with Gasteiger partial charge in [0.2, 0.25) is 0 Å². The number of hydrogen-bond acceptors (Lipinski definition) is 5. The molecule has 8 heteroatoms. The summed E-state index contributed by atoms with van der Waals surface area (Å²) < 4.78 is 13.8. The summed E-state index contributed by atoms with van der Waals surface area (Å²) in [7, 11) is 0. The van der Waals surface area contributed by atoms with Crippen molar-refractivity contribution < 1.29 is 14.1 Å². The molecule has 148 valence electrons. The topological polar surface area (TPSA) is 82.2 Å². The van der Waals surface area contributed by atoms with Crippen LogP contribution < -0.4 is 10.1 Å². The average Bonchev–Trinajstić information content (AvgIpc) is 3.23. The Hall–Kier alpha value is -2.61. The van der Waals surface area contributed by atoms with Crippen molar-refractivity contribution in [2.75, 3.05) is 0 Å². The molecule has 2 aromatic heterocycles. The Morgan fingerprint density at radius 3 is 2.79 bits per heavy atom. The Morgan fingerprint density at radius 1 is 1.29 bits per heavy atom. The summed E-state index contributed by atoms with van der Waals surface area (Å²) in [6.45, 7) is 9.10. The zero-order valence-corrected chi connectivity index (χ0v) is 18.0. The molecule has 0 saturated heterocycles. The van der Waals surface area contributed by atoms with Crippen LogP contribution in [0.15, 0.2) is 33.4 Å². The lowest BCUT2D eigenvalue weighted by Gasteiger charge is -2.10. The third-order valence-corrected chi connectivity index (χ3v) is 5.34. The van der Waals surface area contributed by atoms with Gasteiger partial charge in [0.05, 0.1) is 28.5 Å². The second-order valence-electron chi connectivity index (χ2n) is 6.54. The molecule has 0 spiro atoms. The van der Waals surface area contributed by atoms with Gasteiger partial charge in [-0.2, -0.15) is 5.10 Å². The molecule has 0 aliphatic rings. The van der Waals surface area contributed by atoms with Crippen molar-refractivity contribution >= 4 is 21.8 Å². The van der Waals surface area contributed by atoms with E-state index in [4.69, 9.17) is 9.26 Å². The summed E-state index contributed by atoms with van der Waals surface area (Å²) in [5.74, 6) is 0.992. The van der Waals surface area contributed by atoms with Gasteiger partial charge in [0.15, 0.2) is 5.69 Å². The van der Waals surface area contributed by atoms with Crippen molar-refractivity contribution in [2.24, 2.45) is 0 Å². The summed E-state index contributed by atoms with van der Waals surface area (Å²) in [4.78, 5) is 12.7. The first kappa shape index (κ1) is 20.1. The number of rotatable bonds is 7. The predicted octanol–water partition coefficient (Wildman–Crippen LogP) is 4.09. The molecule has 28 heavy (non-hydrogen) atoms. The first-order valence-corrected chi connectivity index (χ1v) is 9.83. The molecular weight excluding hydrogens is 424 g/mol. The minimum atomic E-state index is -0.314. The molecule has 0 saturated carbocycles. The lowest BCUT2D eigenvalue weighted by Crippen LogP contribution is -2.26. The fourth-order valence-electron chi connectivity index (χ4n) is 2.78. The van der Waals surface area contributed by atoms with E-state index in [1.807, 2.05) is 36.7 Å². The Balaban J connectivity index is 1.70. The number of aromatic nitrogens is 3. The van der Waals surface area contributed by atoms with Crippen molar-refractivity contribution in [2.45, 2.75) is 47.4 Å². The summed E-state index contributed by atoms with van der Waals surface area (Å²) in [5.41, 5.74) is 4.12. The third-order valence-electron chi connectivity index (χ3n) is 4.67. The maximum Gasteiger partial charge on any atom is 0.274 e. The van der Waals surface area contributed by atoms with E-state index >= 15 is 0 Å². The maximum atomic E-state index is 12.7. The van der Waals surface area contributed by atoms with Crippen molar-refractivity contribution in [1.82, 2.24) is 20.3 Å². The number of nitrogens with zero attached hydrogens (tertiary/aromatic N) is 3. The number of halogens is 1. The minimum Gasteiger partial charge on any atom is -0.489 e. The van der Waals surface area contributed by atoms with E-state index in [2.05, 4.69) is 38.4 Å². The van der Waals surface area contributed by atoms with E-state index in [-0.39, 0.29) is 18.2 Å². The summed E-state index contributed by atoms with van der Waals surface area (Å²) in [6, 6.07) is 5.89. The number of carbonyl (C=O) groups excluding carboxylic acids is 1. The van der Waals surface area contributed by atoms with E-state index in [0.29, 0.717) is 17.9 Å². The number of carbonyl (C=O) groups is 1. The van der Waals surface area contributed by atoms with Gasteiger partial charge in [0.25, 0.3) is 5.91 Å². The van der Waals surface area contributed by atoms with E-state index in [9.17, 15) is 4.79 Å². The van der Waals surface area contributed by atoms with Gasteiger partial charge in [-0.1, -0.05) is 11.2 Å². The van der Waals surface area contributed by atoms with E-state index in [1.54, 1.807) is 13.1 Å². The molecule has 0 bridgehead atoms. The Bertz CT molecular complexity index is 993. The predicted molar refractivity (Wildman–Crippen MR) is 108 cm³/mol. The first-order valence-electron chi connectivity index (χ1n) is 9.04. The van der Waals surface area contributed by atoms with Crippen LogP contribution in [0.3, 0.4) is 0 Å². The molecule has 0 aliphatic heterocycles. The molecule has 0 atom stereocenters. The van der Waals surface area contributed by atoms with Gasteiger partial charge in [-0.3, -0.25) is 9.48 Å². The van der Waals surface area contributed by atoms with Crippen LogP contribution in [0, 0.1) is 20.8 Å². The second kappa shape index (κ2) is 8.60. The molecule has 0 aliphatic carbocycles. The normalized spacial score (nSPS) is 10.9. The number of ether oxygens (including phenoxy) is 1. The van der Waals surface area contributed by atoms with Crippen LogP contribution in [0.25, 0.3) is 0 Å². The molecule has 7 nitrogen and oxygen atoms in total. The van der Waals surface area contributed by atoms with Crippen molar-refractivity contribution in [3.8, 4) is 5.75 Å². The molecule has 3 rings (SSSR count). The highest BCUT2D eigenvalue weighted by atomic mass is 79.9. The molecule has 2 heterocycles. The summed E-state index contributed by atoms with van der Waals surface area (Å²) >= 11 is 3.46. The average molecular weight is 447 g/mol. The van der Waals surface area contributed by atoms with Crippen LogP contribution in [0.4, 0.5) is 0 Å². The highest BCUT2D eigenvalue weighted by Crippen LogP contribution is 2.21. The van der Waals surface area contributed by atoms with Crippen molar-refractivity contribution in [3.63, 3.8) is 0 Å². The fraction of sp³-hybridized carbons (Fsp3) is 0.350. The monoisotopic (exact) mass is 446 g/mol. The second-order valence-corrected chi connectivity index (χ2v) is 7.39. The van der Waals surface area contributed by atoms with Crippen LogP contribution in [0.2, 0.25) is 0 Å². The molecule has 1 amide bonds. The zero-order valence-electron chi connectivity index (χ0n) is 16.4. The molecule has 1 N–H and O–H groups in total. The summed E-state index contributed by atoms with van der Waals surface area (Å²) in [5, 5.41) is 11.0. The van der Waals surface area contributed by atoms with Crippen LogP contribution in [-0.4, -0.2) is 20.8 Å². The maximum absolute atomic E-state index is 12.7. The lowest BCUT2D eigenvalue weighted by molar-refractivity contribution is 0.0938. The van der Waals surface area contributed by atoms with E-state index in [1.165, 1.54) is 5.56 Å². The number of nitrogens with one attached hydrogen (secondary N) is 1. The highest BCUT2D eigenvalue weighted by molar-refractivity contribution is 9.10. The summed E-state index contributed by atoms with van der Waals surface area (Å²) in [6.07, 6.45) is 1.72. The minimum absolute atomic E-state index is 0.206. The van der Waals surface area contributed by atoms with Crippen LogP contribution in [-0.2, 0) is 19.7 Å². The molecule has 0 radical (unpaired) electrons. The van der Waals surface area contributed by atoms with Crippen LogP contribution in [0.5, 0.6) is 5.75 Å². The molecule has 1 aromatic carbocycles. The third kappa shape index (κ3) is 4.27. The Kier molecular flexibility index (Phi) is 6.18. The van der Waals surface area contributed by atoms with E-state index < -0.39 is 0 Å². The van der Waals surface area contributed by atoms with Gasteiger partial charge in [-0.25, -0.2) is 0 Å². The molecule has 0 unspecified atom stereocenters. The smallest absolute Gasteiger partial charge is 0.274 e. The quantitative estimate of drug-likeness (QED) is 0.590. The Morgan fingerprint density at radius 2 is 2.07 bits per heavy atom. The largest absolute Gasteiger partial charge is 0.489 e. The first-order chi connectivity index (χ1) is 13.4. The van der Waals surface area contributed by atoms with Crippen molar-refractivity contribution in [1.29, 1.82) is 0 Å². The SMILES string of the molecule is CCn1ncc(Br)c1CNC(=O)c1noc(C)c1COc1ccc(C)c(C)c1. The lowest BCUT2D eigenvalue weighted by atomic mass is 10.1. The van der Waals surface area contributed by atoms with Gasteiger partial charge < -0.3 is 14.6 Å². The Labute approximate surface area is 172 Å². The number of aryl methyl sites for hydroxylation is 4. The zero-order chi connectivity index (χ0) is 20.3. The number of amides is 1. The van der Waals surface area contributed by atoms with Gasteiger partial charge in [-0.05, 0) is 66.9 Å². The fourth-order valence-corrected chi connectivity index (χ4v) is 3.22. The standard InChI is InChI=1S/C20H23BrN4O3/c1-5-25-18(17(21)9-23-25)10-22-20(26)19-16(14(4)28-24-19)11-27-15-7-6-12(2)13(3)8-15/h6-9H,5,10-11H2,1-4H3,(H,22,26). The van der Waals surface area contributed by atoms with Crippen LogP contribution >= 0.6 is 15.9 Å². The van der Waals surface area contributed by atoms with E-state index in [0.717, 1.165) is 28.0 Å². The number of benzene rings is 1. The molecule has 0 fully saturated rings. The highest BCUT2D eigenvalue weighted by Gasteiger charge is 2.21. The van der Waals surface area contributed by atoms with Gasteiger partial charge in [-0.15, -0.1) is 0 Å². The van der Waals surface area contributed by atoms with Gasteiger partial charge >= 0.3 is 0 Å². The van der Waals surface area contributed by atoms with Gasteiger partial charge in [0, 0.05) is 6.54 Å². The molecule has 3 aromatic rings.